The zero-order valence-corrected chi connectivity index (χ0v) is 15.9. The molecule has 1 amide bonds. The van der Waals surface area contributed by atoms with Gasteiger partial charge in [-0.05, 0) is 54.6 Å². The van der Waals surface area contributed by atoms with E-state index in [0.717, 1.165) is 0 Å². The molecule has 0 fully saturated rings. The fraction of sp³-hybridized carbons (Fsp3) is 0. The van der Waals surface area contributed by atoms with Gasteiger partial charge in [-0.2, -0.15) is 5.10 Å². The van der Waals surface area contributed by atoms with Crippen molar-refractivity contribution in [3.8, 4) is 5.75 Å². The summed E-state index contributed by atoms with van der Waals surface area (Å²) in [4.78, 5) is 24.3. The summed E-state index contributed by atoms with van der Waals surface area (Å²) in [5, 5.41) is 4.88. The van der Waals surface area contributed by atoms with Crippen LogP contribution in [0.5, 0.6) is 5.75 Å². The van der Waals surface area contributed by atoms with Crippen LogP contribution in [0.3, 0.4) is 0 Å². The monoisotopic (exact) mass is 412 g/mol. The molecule has 3 aromatic carbocycles. The lowest BCUT2D eigenvalue weighted by atomic mass is 10.2. The molecule has 0 aromatic heterocycles. The minimum atomic E-state index is -0.511. The number of halogens is 2. The molecule has 0 bridgehead atoms. The Morgan fingerprint density at radius 3 is 2.25 bits per heavy atom. The Kier molecular flexibility index (Phi) is 6.42. The van der Waals surface area contributed by atoms with Gasteiger partial charge in [-0.15, -0.1) is 0 Å². The van der Waals surface area contributed by atoms with E-state index in [1.54, 1.807) is 72.8 Å². The second kappa shape index (κ2) is 9.17. The molecule has 0 spiro atoms. The van der Waals surface area contributed by atoms with Crippen molar-refractivity contribution in [3.05, 3.63) is 99.5 Å². The Morgan fingerprint density at radius 1 is 0.857 bits per heavy atom. The van der Waals surface area contributed by atoms with Crippen molar-refractivity contribution in [1.29, 1.82) is 0 Å². The maximum atomic E-state index is 12.3. The highest BCUT2D eigenvalue weighted by molar-refractivity contribution is 6.31. The molecule has 28 heavy (non-hydrogen) atoms. The van der Waals surface area contributed by atoms with Crippen LogP contribution in [-0.4, -0.2) is 18.1 Å². The van der Waals surface area contributed by atoms with E-state index >= 15 is 0 Å². The number of nitrogens with zero attached hydrogens (tertiary/aromatic N) is 1. The van der Waals surface area contributed by atoms with Crippen LogP contribution in [0.2, 0.25) is 10.0 Å². The Bertz CT molecular complexity index is 1020. The largest absolute Gasteiger partial charge is 0.422 e. The van der Waals surface area contributed by atoms with Crippen LogP contribution in [0, 0.1) is 0 Å². The molecule has 3 rings (SSSR count). The van der Waals surface area contributed by atoms with Crippen molar-refractivity contribution in [1.82, 2.24) is 5.43 Å². The standard InChI is InChI=1S/C21H14Cl2N2O3/c22-17-8-6-14(7-9-17)20(26)25-24-13-16-12-18(23)10-11-19(16)28-21(27)15-4-2-1-3-5-15/h1-13H,(H,25,26)/b24-13+. The highest BCUT2D eigenvalue weighted by atomic mass is 35.5. The second-order valence-electron chi connectivity index (χ2n) is 5.64. The lowest BCUT2D eigenvalue weighted by molar-refractivity contribution is 0.0734. The summed E-state index contributed by atoms with van der Waals surface area (Å²) >= 11 is 11.8. The van der Waals surface area contributed by atoms with Crippen molar-refractivity contribution in [3.63, 3.8) is 0 Å². The Labute approximate surface area is 171 Å². The Morgan fingerprint density at radius 2 is 1.54 bits per heavy atom. The molecule has 0 unspecified atom stereocenters. The molecule has 0 saturated heterocycles. The molecule has 1 N–H and O–H groups in total. The van der Waals surface area contributed by atoms with Crippen molar-refractivity contribution in [2.75, 3.05) is 0 Å². The highest BCUT2D eigenvalue weighted by Crippen LogP contribution is 2.22. The predicted octanol–water partition coefficient (Wildman–Crippen LogP) is 4.98. The third-order valence-electron chi connectivity index (χ3n) is 3.66. The fourth-order valence-electron chi connectivity index (χ4n) is 2.27. The summed E-state index contributed by atoms with van der Waals surface area (Å²) in [6, 6.07) is 19.7. The lowest BCUT2D eigenvalue weighted by Gasteiger charge is -2.08. The molecular weight excluding hydrogens is 399 g/mol. The fourth-order valence-corrected chi connectivity index (χ4v) is 2.58. The van der Waals surface area contributed by atoms with Crippen LogP contribution in [0.4, 0.5) is 0 Å². The van der Waals surface area contributed by atoms with Gasteiger partial charge in [0.1, 0.15) is 5.75 Å². The van der Waals surface area contributed by atoms with Gasteiger partial charge in [0.05, 0.1) is 11.8 Å². The second-order valence-corrected chi connectivity index (χ2v) is 6.52. The molecule has 7 heteroatoms. The van der Waals surface area contributed by atoms with Crippen LogP contribution in [0.1, 0.15) is 26.3 Å². The Hall–Kier alpha value is -3.15. The molecule has 0 saturated carbocycles. The van der Waals surface area contributed by atoms with Gasteiger partial charge in [-0.25, -0.2) is 10.2 Å². The summed E-state index contributed by atoms with van der Waals surface area (Å²) in [5.74, 6) is -0.650. The average Bonchev–Trinajstić information content (AvgIpc) is 2.71. The first-order valence-corrected chi connectivity index (χ1v) is 8.94. The van der Waals surface area contributed by atoms with Gasteiger partial charge in [0.15, 0.2) is 0 Å². The molecule has 0 aliphatic rings. The third-order valence-corrected chi connectivity index (χ3v) is 4.15. The van der Waals surface area contributed by atoms with Crippen LogP contribution in [-0.2, 0) is 0 Å². The third kappa shape index (κ3) is 5.19. The summed E-state index contributed by atoms with van der Waals surface area (Å²) in [5.41, 5.74) is 3.66. The van der Waals surface area contributed by atoms with E-state index in [9.17, 15) is 9.59 Å². The van der Waals surface area contributed by atoms with E-state index in [1.165, 1.54) is 6.21 Å². The zero-order chi connectivity index (χ0) is 19.9. The summed E-state index contributed by atoms with van der Waals surface area (Å²) in [6.45, 7) is 0. The first-order chi connectivity index (χ1) is 13.5. The quantitative estimate of drug-likeness (QED) is 0.278. The van der Waals surface area contributed by atoms with E-state index in [4.69, 9.17) is 27.9 Å². The summed E-state index contributed by atoms with van der Waals surface area (Å²) in [6.07, 6.45) is 1.35. The smallest absolute Gasteiger partial charge is 0.343 e. The summed E-state index contributed by atoms with van der Waals surface area (Å²) in [7, 11) is 0. The highest BCUT2D eigenvalue weighted by Gasteiger charge is 2.11. The zero-order valence-electron chi connectivity index (χ0n) is 14.4. The maximum Gasteiger partial charge on any atom is 0.343 e. The first-order valence-electron chi connectivity index (χ1n) is 8.19. The number of hydrazone groups is 1. The SMILES string of the molecule is O=C(N/N=C/c1cc(Cl)ccc1OC(=O)c1ccccc1)c1ccc(Cl)cc1. The van der Waals surface area contributed by atoms with E-state index in [1.807, 2.05) is 0 Å². The van der Waals surface area contributed by atoms with E-state index in [0.29, 0.717) is 26.7 Å². The lowest BCUT2D eigenvalue weighted by Crippen LogP contribution is -2.17. The number of carbonyl (C=O) groups excluding carboxylic acids is 2. The van der Waals surface area contributed by atoms with Gasteiger partial charge in [-0.3, -0.25) is 4.79 Å². The van der Waals surface area contributed by atoms with Gasteiger partial charge in [0.2, 0.25) is 0 Å². The number of esters is 1. The molecule has 0 heterocycles. The van der Waals surface area contributed by atoms with Gasteiger partial charge in [-0.1, -0.05) is 41.4 Å². The van der Waals surface area contributed by atoms with Gasteiger partial charge in [0, 0.05) is 21.2 Å². The van der Waals surface area contributed by atoms with Gasteiger partial charge < -0.3 is 4.74 Å². The van der Waals surface area contributed by atoms with Gasteiger partial charge >= 0.3 is 5.97 Å². The van der Waals surface area contributed by atoms with E-state index in [-0.39, 0.29) is 5.75 Å². The topological polar surface area (TPSA) is 67.8 Å². The van der Waals surface area contributed by atoms with Crippen molar-refractivity contribution in [2.24, 2.45) is 5.10 Å². The number of amides is 1. The molecule has 0 aliphatic heterocycles. The van der Waals surface area contributed by atoms with Crippen LogP contribution < -0.4 is 10.2 Å². The van der Waals surface area contributed by atoms with Gasteiger partial charge in [0.25, 0.3) is 5.91 Å². The molecule has 0 radical (unpaired) electrons. The van der Waals surface area contributed by atoms with Crippen LogP contribution >= 0.6 is 23.2 Å². The van der Waals surface area contributed by atoms with Crippen molar-refractivity contribution >= 4 is 41.3 Å². The number of carbonyl (C=O) groups is 2. The maximum absolute atomic E-state index is 12.3. The number of ether oxygens (including phenoxy) is 1. The molecule has 0 aliphatic carbocycles. The molecular formula is C21H14Cl2N2O3. The number of hydrogen-bond donors (Lipinski definition) is 1. The van der Waals surface area contributed by atoms with Crippen molar-refractivity contribution < 1.29 is 14.3 Å². The average molecular weight is 413 g/mol. The van der Waals surface area contributed by atoms with E-state index in [2.05, 4.69) is 10.5 Å². The number of hydrogen-bond acceptors (Lipinski definition) is 4. The van der Waals surface area contributed by atoms with Crippen LogP contribution in [0.15, 0.2) is 77.9 Å². The molecule has 5 nitrogen and oxygen atoms in total. The predicted molar refractivity (Wildman–Crippen MR) is 109 cm³/mol. The molecule has 0 atom stereocenters. The minimum absolute atomic E-state index is 0.266. The normalized spacial score (nSPS) is 10.6. The molecule has 140 valence electrons. The first kappa shape index (κ1) is 19.6. The van der Waals surface area contributed by atoms with Crippen molar-refractivity contribution in [2.45, 2.75) is 0 Å². The number of nitrogens with one attached hydrogen (secondary N) is 1. The molecule has 3 aromatic rings. The Balaban J connectivity index is 1.73. The van der Waals surface area contributed by atoms with E-state index < -0.39 is 11.9 Å². The number of rotatable bonds is 5. The van der Waals surface area contributed by atoms with Crippen LogP contribution in [0.25, 0.3) is 0 Å². The number of benzene rings is 3. The summed E-state index contributed by atoms with van der Waals surface area (Å²) < 4.78 is 5.43. The minimum Gasteiger partial charge on any atom is -0.422 e.